The molecule has 3 nitrogen and oxygen atoms in total. The maximum atomic E-state index is 12.5. The van der Waals surface area contributed by atoms with Crippen LogP contribution in [0.1, 0.15) is 27.6 Å². The number of Topliss-reactive ketones (excluding diaryl/α,β-unsaturated/α-hetero) is 1. The van der Waals surface area contributed by atoms with Crippen molar-refractivity contribution in [2.45, 2.75) is 11.7 Å². The van der Waals surface area contributed by atoms with E-state index in [1.807, 2.05) is 0 Å². The standard InChI is InChI=1S/C17H13Cl3O3S/c18-12-4-1-10(2-5-12)16(24-9-17(22)23)8-15(21)11-3-6-13(19)14(20)7-11/h1-7,16H,8-9H2,(H,22,23). The van der Waals surface area contributed by atoms with Gasteiger partial charge in [0.05, 0.1) is 15.8 Å². The number of thioether (sulfide) groups is 1. The van der Waals surface area contributed by atoms with Crippen molar-refractivity contribution in [3.63, 3.8) is 0 Å². The second-order valence-electron chi connectivity index (χ2n) is 5.00. The second-order valence-corrected chi connectivity index (χ2v) is 7.44. The molecule has 0 radical (unpaired) electrons. The average Bonchev–Trinajstić information content (AvgIpc) is 2.54. The summed E-state index contributed by atoms with van der Waals surface area (Å²) < 4.78 is 0. The van der Waals surface area contributed by atoms with E-state index in [1.165, 1.54) is 17.8 Å². The molecule has 1 unspecified atom stereocenters. The fourth-order valence-electron chi connectivity index (χ4n) is 2.08. The molecule has 2 aromatic rings. The van der Waals surface area contributed by atoms with E-state index in [1.54, 1.807) is 36.4 Å². The smallest absolute Gasteiger partial charge is 0.313 e. The molecular formula is C17H13Cl3O3S. The Morgan fingerprint density at radius 1 is 1.00 bits per heavy atom. The van der Waals surface area contributed by atoms with Gasteiger partial charge in [-0.1, -0.05) is 46.9 Å². The van der Waals surface area contributed by atoms with Gasteiger partial charge in [0.25, 0.3) is 0 Å². The van der Waals surface area contributed by atoms with E-state index in [-0.39, 0.29) is 23.2 Å². The Morgan fingerprint density at radius 2 is 1.67 bits per heavy atom. The van der Waals surface area contributed by atoms with Gasteiger partial charge >= 0.3 is 5.97 Å². The Morgan fingerprint density at radius 3 is 2.25 bits per heavy atom. The number of hydrogen-bond acceptors (Lipinski definition) is 3. The minimum Gasteiger partial charge on any atom is -0.481 e. The molecule has 0 bridgehead atoms. The van der Waals surface area contributed by atoms with Crippen LogP contribution in [0.3, 0.4) is 0 Å². The van der Waals surface area contributed by atoms with Crippen LogP contribution in [0.4, 0.5) is 0 Å². The van der Waals surface area contributed by atoms with Gasteiger partial charge in [-0.05, 0) is 35.9 Å². The number of carbonyl (C=O) groups is 2. The van der Waals surface area contributed by atoms with E-state index in [2.05, 4.69) is 0 Å². The van der Waals surface area contributed by atoms with Crippen molar-refractivity contribution in [3.05, 3.63) is 68.7 Å². The number of carboxylic acids is 1. The number of benzene rings is 2. The summed E-state index contributed by atoms with van der Waals surface area (Å²) in [6.45, 7) is 0. The molecule has 0 spiro atoms. The first-order chi connectivity index (χ1) is 11.4. The first kappa shape index (κ1) is 19.1. The van der Waals surface area contributed by atoms with E-state index in [4.69, 9.17) is 39.9 Å². The average molecular weight is 404 g/mol. The zero-order chi connectivity index (χ0) is 17.7. The Bertz CT molecular complexity index is 747. The van der Waals surface area contributed by atoms with Gasteiger partial charge in [-0.15, -0.1) is 11.8 Å². The lowest BCUT2D eigenvalue weighted by molar-refractivity contribution is -0.133. The largest absolute Gasteiger partial charge is 0.481 e. The van der Waals surface area contributed by atoms with E-state index < -0.39 is 5.97 Å². The summed E-state index contributed by atoms with van der Waals surface area (Å²) >= 11 is 18.9. The normalized spacial score (nSPS) is 12.0. The number of aliphatic carboxylic acids is 1. The van der Waals surface area contributed by atoms with E-state index in [0.29, 0.717) is 20.6 Å². The van der Waals surface area contributed by atoms with Gasteiger partial charge in [-0.2, -0.15) is 0 Å². The second kappa shape index (κ2) is 8.77. The Kier molecular flexibility index (Phi) is 6.99. The lowest BCUT2D eigenvalue weighted by atomic mass is 10.0. The predicted octanol–water partition coefficient (Wildman–Crippen LogP) is 5.78. The zero-order valence-corrected chi connectivity index (χ0v) is 15.4. The molecule has 24 heavy (non-hydrogen) atoms. The number of halogens is 3. The third kappa shape index (κ3) is 5.42. The molecule has 1 atom stereocenters. The van der Waals surface area contributed by atoms with Crippen LogP contribution in [0.5, 0.6) is 0 Å². The molecule has 0 fully saturated rings. The summed E-state index contributed by atoms with van der Waals surface area (Å²) in [6, 6.07) is 11.7. The molecule has 0 amide bonds. The summed E-state index contributed by atoms with van der Waals surface area (Å²) in [6.07, 6.45) is 0.150. The Labute approximate surface area is 158 Å². The lowest BCUT2D eigenvalue weighted by Gasteiger charge is -2.16. The maximum Gasteiger partial charge on any atom is 0.313 e. The zero-order valence-electron chi connectivity index (χ0n) is 12.3. The van der Waals surface area contributed by atoms with Gasteiger partial charge < -0.3 is 5.11 Å². The summed E-state index contributed by atoms with van der Waals surface area (Å²) in [5.74, 6) is -1.16. The SMILES string of the molecule is O=C(O)CSC(CC(=O)c1ccc(Cl)c(Cl)c1)c1ccc(Cl)cc1. The molecular weight excluding hydrogens is 391 g/mol. The Hall–Kier alpha value is -1.20. The van der Waals surface area contributed by atoms with Gasteiger partial charge in [0.15, 0.2) is 5.78 Å². The van der Waals surface area contributed by atoms with Gasteiger partial charge in [-0.3, -0.25) is 9.59 Å². The first-order valence-corrected chi connectivity index (χ1v) is 9.12. The molecule has 0 saturated heterocycles. The molecule has 0 saturated carbocycles. The molecule has 126 valence electrons. The molecule has 0 aromatic heterocycles. The van der Waals surface area contributed by atoms with Crippen LogP contribution in [0.15, 0.2) is 42.5 Å². The number of ketones is 1. The van der Waals surface area contributed by atoms with Crippen molar-refractivity contribution in [3.8, 4) is 0 Å². The summed E-state index contributed by atoms with van der Waals surface area (Å²) in [5.41, 5.74) is 1.29. The van der Waals surface area contributed by atoms with Gasteiger partial charge in [0.1, 0.15) is 0 Å². The van der Waals surface area contributed by atoms with Crippen LogP contribution in [0.25, 0.3) is 0 Å². The van der Waals surface area contributed by atoms with Gasteiger partial charge in [0.2, 0.25) is 0 Å². The molecule has 0 aliphatic carbocycles. The van der Waals surface area contributed by atoms with Crippen LogP contribution in [0, 0.1) is 0 Å². The monoisotopic (exact) mass is 402 g/mol. The van der Waals surface area contributed by atoms with E-state index in [0.717, 1.165) is 5.56 Å². The van der Waals surface area contributed by atoms with Crippen LogP contribution in [0.2, 0.25) is 15.1 Å². The number of rotatable bonds is 7. The topological polar surface area (TPSA) is 54.4 Å². The molecule has 2 rings (SSSR count). The highest BCUT2D eigenvalue weighted by molar-refractivity contribution is 8.00. The molecule has 2 aromatic carbocycles. The molecule has 0 aliphatic heterocycles. The highest BCUT2D eigenvalue weighted by atomic mass is 35.5. The highest BCUT2D eigenvalue weighted by Gasteiger charge is 2.19. The summed E-state index contributed by atoms with van der Waals surface area (Å²) in [7, 11) is 0. The summed E-state index contributed by atoms with van der Waals surface area (Å²) in [4.78, 5) is 23.4. The van der Waals surface area contributed by atoms with Gasteiger partial charge in [-0.25, -0.2) is 0 Å². The van der Waals surface area contributed by atoms with E-state index in [9.17, 15) is 9.59 Å². The molecule has 1 N–H and O–H groups in total. The summed E-state index contributed by atoms with van der Waals surface area (Å²) in [5, 5.41) is 9.89. The molecule has 0 heterocycles. The maximum absolute atomic E-state index is 12.5. The van der Waals surface area contributed by atoms with Crippen molar-refractivity contribution in [1.29, 1.82) is 0 Å². The van der Waals surface area contributed by atoms with E-state index >= 15 is 0 Å². The first-order valence-electron chi connectivity index (χ1n) is 6.94. The quantitative estimate of drug-likeness (QED) is 0.595. The van der Waals surface area contributed by atoms with Crippen LogP contribution < -0.4 is 0 Å². The van der Waals surface area contributed by atoms with Gasteiger partial charge in [0, 0.05) is 22.3 Å². The fraction of sp³-hybridized carbons (Fsp3) is 0.176. The minimum atomic E-state index is -0.930. The highest BCUT2D eigenvalue weighted by Crippen LogP contribution is 2.34. The number of hydrogen-bond donors (Lipinski definition) is 1. The van der Waals surface area contributed by atoms with Crippen LogP contribution in [-0.2, 0) is 4.79 Å². The molecule has 7 heteroatoms. The van der Waals surface area contributed by atoms with Crippen molar-refractivity contribution >= 4 is 58.3 Å². The number of carboxylic acid groups (broad SMARTS) is 1. The molecule has 0 aliphatic rings. The van der Waals surface area contributed by atoms with Crippen LogP contribution in [-0.4, -0.2) is 22.6 Å². The van der Waals surface area contributed by atoms with Crippen molar-refractivity contribution in [1.82, 2.24) is 0 Å². The fourth-order valence-corrected chi connectivity index (χ4v) is 3.46. The number of carbonyl (C=O) groups excluding carboxylic acids is 1. The Balaban J connectivity index is 2.19. The minimum absolute atomic E-state index is 0.0953. The third-order valence-corrected chi connectivity index (χ3v) is 5.51. The van der Waals surface area contributed by atoms with Crippen molar-refractivity contribution in [2.24, 2.45) is 0 Å². The van der Waals surface area contributed by atoms with Crippen molar-refractivity contribution in [2.75, 3.05) is 5.75 Å². The van der Waals surface area contributed by atoms with Crippen molar-refractivity contribution < 1.29 is 14.7 Å². The van der Waals surface area contributed by atoms with Crippen LogP contribution >= 0.6 is 46.6 Å². The lowest BCUT2D eigenvalue weighted by Crippen LogP contribution is -2.08. The predicted molar refractivity (Wildman–Crippen MR) is 99.7 cm³/mol. The third-order valence-electron chi connectivity index (χ3n) is 3.26.